The molecule has 1 aromatic heterocycles. The molecule has 0 N–H and O–H groups in total. The Morgan fingerprint density at radius 2 is 2.33 bits per heavy atom. The highest BCUT2D eigenvalue weighted by atomic mass is 19.2. The van der Waals surface area contributed by atoms with Gasteiger partial charge in [0.05, 0.1) is 0 Å². The fraction of sp³-hybridized carbons (Fsp3) is 0.400. The van der Waals surface area contributed by atoms with Crippen LogP contribution in [0.1, 0.15) is 6.92 Å². The Hall–Kier alpha value is -0.930. The average Bonchev–Trinajstić information content (AvgIpc) is 2.15. The number of halogens is 2. The Labute approximate surface area is 51.1 Å². The predicted molar refractivity (Wildman–Crippen MR) is 26.7 cm³/mol. The summed E-state index contributed by atoms with van der Waals surface area (Å²) in [5.41, 5.74) is 0. The van der Waals surface area contributed by atoms with Crippen molar-refractivity contribution in [3.8, 4) is 0 Å². The van der Waals surface area contributed by atoms with Crippen molar-refractivity contribution in [2.24, 2.45) is 0 Å². The highest BCUT2D eigenvalue weighted by Gasteiger charge is 2.06. The highest BCUT2D eigenvalue weighted by molar-refractivity contribution is 4.85. The summed E-state index contributed by atoms with van der Waals surface area (Å²) in [4.78, 5) is 0. The predicted octanol–water partition coefficient (Wildman–Crippen LogP) is 0.981. The molecule has 0 saturated carbocycles. The van der Waals surface area contributed by atoms with Crippen LogP contribution in [0.15, 0.2) is 0 Å². The Balaban J connectivity index is 3.04. The van der Waals surface area contributed by atoms with Crippen LogP contribution in [0.5, 0.6) is 0 Å². The second kappa shape index (κ2) is 2.13. The quantitative estimate of drug-likeness (QED) is 0.555. The molecule has 1 heterocycles. The molecule has 0 aliphatic rings. The van der Waals surface area contributed by atoms with Gasteiger partial charge in [-0.15, -0.1) is 0 Å². The molecule has 49 valence electrons. The molecule has 1 radical (unpaired) electrons. The van der Waals surface area contributed by atoms with Gasteiger partial charge in [0.1, 0.15) is 0 Å². The molecule has 1 rings (SSSR count). The van der Waals surface area contributed by atoms with Crippen LogP contribution in [0, 0.1) is 18.0 Å². The van der Waals surface area contributed by atoms with E-state index in [0.717, 1.165) is 4.68 Å². The fourth-order valence-corrected chi connectivity index (χ4v) is 0.517. The first kappa shape index (κ1) is 6.19. The number of aromatic nitrogens is 2. The lowest BCUT2D eigenvalue weighted by molar-refractivity contribution is 0.427. The third-order valence-corrected chi connectivity index (χ3v) is 0.976. The van der Waals surface area contributed by atoms with E-state index in [1.165, 1.54) is 0 Å². The summed E-state index contributed by atoms with van der Waals surface area (Å²) >= 11 is 0. The molecule has 0 spiro atoms. The molecule has 0 saturated heterocycles. The zero-order valence-electron chi connectivity index (χ0n) is 4.86. The SMILES string of the molecule is CCn1n[c]c(F)c1F. The molecule has 0 bridgehead atoms. The number of hydrogen-bond donors (Lipinski definition) is 0. The van der Waals surface area contributed by atoms with Crippen molar-refractivity contribution in [3.63, 3.8) is 0 Å². The van der Waals surface area contributed by atoms with Crippen LogP contribution >= 0.6 is 0 Å². The van der Waals surface area contributed by atoms with E-state index in [9.17, 15) is 8.78 Å². The van der Waals surface area contributed by atoms with Crippen molar-refractivity contribution in [1.82, 2.24) is 9.78 Å². The van der Waals surface area contributed by atoms with Crippen molar-refractivity contribution in [1.29, 1.82) is 0 Å². The number of aryl methyl sites for hydroxylation is 1. The van der Waals surface area contributed by atoms with Gasteiger partial charge in [-0.25, -0.2) is 4.68 Å². The average molecular weight is 131 g/mol. The van der Waals surface area contributed by atoms with Crippen LogP contribution in [0.3, 0.4) is 0 Å². The summed E-state index contributed by atoms with van der Waals surface area (Å²) in [6.45, 7) is 2.00. The van der Waals surface area contributed by atoms with Gasteiger partial charge < -0.3 is 0 Å². The molecule has 0 aliphatic heterocycles. The molecule has 0 unspecified atom stereocenters. The normalized spacial score (nSPS) is 10.1. The molecule has 0 amide bonds. The summed E-state index contributed by atoms with van der Waals surface area (Å²) in [6, 6.07) is 0. The maximum atomic E-state index is 12.3. The van der Waals surface area contributed by atoms with E-state index in [1.54, 1.807) is 6.92 Å². The second-order valence-electron chi connectivity index (χ2n) is 1.53. The van der Waals surface area contributed by atoms with Gasteiger partial charge >= 0.3 is 0 Å². The Kier molecular flexibility index (Phi) is 1.46. The maximum Gasteiger partial charge on any atom is 0.248 e. The minimum atomic E-state index is -1.02. The first-order valence-electron chi connectivity index (χ1n) is 2.55. The van der Waals surface area contributed by atoms with Gasteiger partial charge in [-0.3, -0.25) is 0 Å². The van der Waals surface area contributed by atoms with Crippen LogP contribution in [0.4, 0.5) is 8.78 Å². The van der Waals surface area contributed by atoms with Crippen LogP contribution in [0.2, 0.25) is 0 Å². The Morgan fingerprint density at radius 1 is 1.67 bits per heavy atom. The smallest absolute Gasteiger partial charge is 0.237 e. The van der Waals surface area contributed by atoms with Gasteiger partial charge in [0.2, 0.25) is 11.8 Å². The number of rotatable bonds is 1. The van der Waals surface area contributed by atoms with E-state index in [0.29, 0.717) is 6.54 Å². The molecule has 0 atom stereocenters. The van der Waals surface area contributed by atoms with E-state index in [1.807, 2.05) is 6.20 Å². The van der Waals surface area contributed by atoms with Crippen molar-refractivity contribution in [3.05, 3.63) is 18.0 Å². The minimum absolute atomic E-state index is 0.326. The Bertz CT molecular complexity index is 207. The lowest BCUT2D eigenvalue weighted by Gasteiger charge is -1.91. The summed E-state index contributed by atoms with van der Waals surface area (Å²) in [6.07, 6.45) is 1.86. The van der Waals surface area contributed by atoms with Gasteiger partial charge in [-0.05, 0) is 6.92 Å². The fourth-order valence-electron chi connectivity index (χ4n) is 0.517. The van der Waals surface area contributed by atoms with Crippen LogP contribution in [0.25, 0.3) is 0 Å². The van der Waals surface area contributed by atoms with Crippen LogP contribution in [-0.2, 0) is 6.54 Å². The molecule has 2 nitrogen and oxygen atoms in total. The van der Waals surface area contributed by atoms with Gasteiger partial charge in [0.25, 0.3) is 0 Å². The standard InChI is InChI=1S/C5H5F2N2/c1-2-9-5(7)4(6)3-8-9/h2H2,1H3. The van der Waals surface area contributed by atoms with Crippen LogP contribution < -0.4 is 0 Å². The van der Waals surface area contributed by atoms with Gasteiger partial charge in [0.15, 0.2) is 6.20 Å². The summed E-state index contributed by atoms with van der Waals surface area (Å²) < 4.78 is 25.2. The van der Waals surface area contributed by atoms with E-state index in [2.05, 4.69) is 5.10 Å². The van der Waals surface area contributed by atoms with E-state index in [4.69, 9.17) is 0 Å². The maximum absolute atomic E-state index is 12.3. The van der Waals surface area contributed by atoms with Crippen molar-refractivity contribution in [2.75, 3.05) is 0 Å². The summed E-state index contributed by atoms with van der Waals surface area (Å²) in [5.74, 6) is -1.96. The molecule has 9 heavy (non-hydrogen) atoms. The molecule has 4 heteroatoms. The number of nitrogens with zero attached hydrogens (tertiary/aromatic N) is 2. The first-order chi connectivity index (χ1) is 4.25. The highest BCUT2D eigenvalue weighted by Crippen LogP contribution is 2.01. The lowest BCUT2D eigenvalue weighted by Crippen LogP contribution is -1.99. The number of hydrogen-bond acceptors (Lipinski definition) is 1. The summed E-state index contributed by atoms with van der Waals surface area (Å²) in [5, 5.41) is 3.28. The first-order valence-corrected chi connectivity index (χ1v) is 2.55. The molecular weight excluding hydrogens is 126 g/mol. The largest absolute Gasteiger partial charge is 0.248 e. The summed E-state index contributed by atoms with van der Waals surface area (Å²) in [7, 11) is 0. The monoisotopic (exact) mass is 131 g/mol. The van der Waals surface area contributed by atoms with E-state index in [-0.39, 0.29) is 0 Å². The third kappa shape index (κ3) is 0.918. The van der Waals surface area contributed by atoms with E-state index < -0.39 is 11.8 Å². The topological polar surface area (TPSA) is 17.8 Å². The van der Waals surface area contributed by atoms with Gasteiger partial charge in [-0.1, -0.05) is 0 Å². The molecule has 0 aromatic carbocycles. The van der Waals surface area contributed by atoms with Crippen molar-refractivity contribution >= 4 is 0 Å². The zero-order valence-corrected chi connectivity index (χ0v) is 4.86. The molecular formula is C5H5F2N2. The molecule has 1 aromatic rings. The van der Waals surface area contributed by atoms with Crippen LogP contribution in [-0.4, -0.2) is 9.78 Å². The van der Waals surface area contributed by atoms with E-state index >= 15 is 0 Å². The molecule has 0 aliphatic carbocycles. The lowest BCUT2D eigenvalue weighted by atomic mass is 10.6. The zero-order chi connectivity index (χ0) is 6.85. The Morgan fingerprint density at radius 3 is 2.56 bits per heavy atom. The van der Waals surface area contributed by atoms with Gasteiger partial charge in [0, 0.05) is 6.54 Å². The minimum Gasteiger partial charge on any atom is -0.237 e. The third-order valence-electron chi connectivity index (χ3n) is 0.976. The van der Waals surface area contributed by atoms with Crippen molar-refractivity contribution < 1.29 is 8.78 Å². The van der Waals surface area contributed by atoms with Crippen molar-refractivity contribution in [2.45, 2.75) is 13.5 Å². The second-order valence-corrected chi connectivity index (χ2v) is 1.53. The van der Waals surface area contributed by atoms with Gasteiger partial charge in [-0.2, -0.15) is 13.9 Å². The molecule has 0 fully saturated rings.